The molecule has 0 aromatic carbocycles. The highest BCUT2D eigenvalue weighted by atomic mass is 16.6. The Morgan fingerprint density at radius 1 is 1.62 bits per heavy atom. The van der Waals surface area contributed by atoms with Crippen molar-refractivity contribution in [1.29, 1.82) is 0 Å². The van der Waals surface area contributed by atoms with Gasteiger partial charge in [0, 0.05) is 0 Å². The SMILES string of the molecule is C=CCOCC(CO)OC(=O)C=O. The van der Waals surface area contributed by atoms with Gasteiger partial charge in [0.2, 0.25) is 6.29 Å². The number of carbonyl (C=O) groups excluding carboxylic acids is 2. The standard InChI is InChI=1S/C8H12O5/c1-2-3-12-6-7(4-9)13-8(11)5-10/h2,5,7,9H,1,3-4,6H2. The Bertz CT molecular complexity index is 177. The smallest absolute Gasteiger partial charge is 0.371 e. The van der Waals surface area contributed by atoms with E-state index in [4.69, 9.17) is 9.84 Å². The lowest BCUT2D eigenvalue weighted by molar-refractivity contribution is -0.157. The maximum Gasteiger partial charge on any atom is 0.371 e. The molecular weight excluding hydrogens is 176 g/mol. The third-order valence-electron chi connectivity index (χ3n) is 1.12. The zero-order valence-corrected chi connectivity index (χ0v) is 7.14. The van der Waals surface area contributed by atoms with Gasteiger partial charge in [0.1, 0.15) is 6.10 Å². The average molecular weight is 188 g/mol. The molecule has 0 amide bonds. The van der Waals surface area contributed by atoms with Crippen molar-refractivity contribution in [1.82, 2.24) is 0 Å². The second-order valence-electron chi connectivity index (χ2n) is 2.19. The van der Waals surface area contributed by atoms with Crippen LogP contribution in [-0.2, 0) is 19.1 Å². The Kier molecular flexibility index (Phi) is 6.76. The molecule has 0 saturated carbocycles. The van der Waals surface area contributed by atoms with Crippen molar-refractivity contribution in [2.24, 2.45) is 0 Å². The van der Waals surface area contributed by atoms with Crippen LogP contribution in [0.1, 0.15) is 0 Å². The molecule has 0 bridgehead atoms. The fourth-order valence-electron chi connectivity index (χ4n) is 0.599. The van der Waals surface area contributed by atoms with Crippen molar-refractivity contribution < 1.29 is 24.2 Å². The lowest BCUT2D eigenvalue weighted by atomic mass is 10.4. The number of aldehydes is 1. The van der Waals surface area contributed by atoms with Crippen LogP contribution in [0.15, 0.2) is 12.7 Å². The summed E-state index contributed by atoms with van der Waals surface area (Å²) in [5, 5.41) is 8.67. The highest BCUT2D eigenvalue weighted by Gasteiger charge is 2.12. The van der Waals surface area contributed by atoms with Crippen molar-refractivity contribution in [2.75, 3.05) is 19.8 Å². The molecule has 13 heavy (non-hydrogen) atoms. The van der Waals surface area contributed by atoms with Crippen molar-refractivity contribution in [2.45, 2.75) is 6.10 Å². The lowest BCUT2D eigenvalue weighted by Gasteiger charge is -2.12. The third kappa shape index (κ3) is 6.01. The summed E-state index contributed by atoms with van der Waals surface area (Å²) in [5.41, 5.74) is 0. The molecule has 0 spiro atoms. The summed E-state index contributed by atoms with van der Waals surface area (Å²) < 4.78 is 9.39. The van der Waals surface area contributed by atoms with Crippen LogP contribution in [0.4, 0.5) is 0 Å². The Morgan fingerprint density at radius 2 is 2.31 bits per heavy atom. The van der Waals surface area contributed by atoms with Crippen LogP contribution in [-0.4, -0.2) is 43.3 Å². The minimum Gasteiger partial charge on any atom is -0.452 e. The average Bonchev–Trinajstić information content (AvgIpc) is 2.16. The number of aliphatic hydroxyl groups excluding tert-OH is 1. The fraction of sp³-hybridized carbons (Fsp3) is 0.500. The van der Waals surface area contributed by atoms with Crippen molar-refractivity contribution in [3.05, 3.63) is 12.7 Å². The summed E-state index contributed by atoms with van der Waals surface area (Å²) >= 11 is 0. The van der Waals surface area contributed by atoms with Crippen LogP contribution in [0.2, 0.25) is 0 Å². The van der Waals surface area contributed by atoms with E-state index in [9.17, 15) is 9.59 Å². The Labute approximate surface area is 75.9 Å². The van der Waals surface area contributed by atoms with Gasteiger partial charge in [-0.2, -0.15) is 0 Å². The minimum atomic E-state index is -1.01. The highest BCUT2D eigenvalue weighted by molar-refractivity contribution is 6.20. The molecule has 1 unspecified atom stereocenters. The molecule has 0 aromatic rings. The van der Waals surface area contributed by atoms with E-state index < -0.39 is 12.1 Å². The summed E-state index contributed by atoms with van der Waals surface area (Å²) in [6, 6.07) is 0. The van der Waals surface area contributed by atoms with E-state index in [0.29, 0.717) is 6.61 Å². The van der Waals surface area contributed by atoms with E-state index in [1.807, 2.05) is 0 Å². The number of rotatable bonds is 7. The lowest BCUT2D eigenvalue weighted by Crippen LogP contribution is -2.27. The topological polar surface area (TPSA) is 72.8 Å². The number of hydrogen-bond acceptors (Lipinski definition) is 5. The third-order valence-corrected chi connectivity index (χ3v) is 1.12. The molecule has 0 aliphatic rings. The molecule has 74 valence electrons. The predicted molar refractivity (Wildman–Crippen MR) is 44.0 cm³/mol. The van der Waals surface area contributed by atoms with Crippen LogP contribution in [0.5, 0.6) is 0 Å². The first-order chi connectivity index (χ1) is 6.24. The number of ether oxygens (including phenoxy) is 2. The number of hydrogen-bond donors (Lipinski definition) is 1. The first-order valence-corrected chi connectivity index (χ1v) is 3.69. The van der Waals surface area contributed by atoms with E-state index >= 15 is 0 Å². The molecule has 5 nitrogen and oxygen atoms in total. The molecule has 0 saturated heterocycles. The zero-order chi connectivity index (χ0) is 10.1. The molecule has 0 heterocycles. The van der Waals surface area contributed by atoms with Crippen LogP contribution < -0.4 is 0 Å². The number of carbonyl (C=O) groups is 2. The predicted octanol–water partition coefficient (Wildman–Crippen LogP) is -0.708. The first-order valence-electron chi connectivity index (χ1n) is 3.69. The molecule has 0 fully saturated rings. The monoisotopic (exact) mass is 188 g/mol. The van der Waals surface area contributed by atoms with E-state index in [2.05, 4.69) is 11.3 Å². The van der Waals surface area contributed by atoms with Crippen LogP contribution in [0.3, 0.4) is 0 Å². The Morgan fingerprint density at radius 3 is 2.77 bits per heavy atom. The van der Waals surface area contributed by atoms with Crippen molar-refractivity contribution in [3.63, 3.8) is 0 Å². The normalized spacial score (nSPS) is 11.8. The first kappa shape index (κ1) is 11.8. The second kappa shape index (κ2) is 7.45. The maximum atomic E-state index is 10.4. The summed E-state index contributed by atoms with van der Waals surface area (Å²) in [6.07, 6.45) is 0.768. The molecule has 1 atom stereocenters. The zero-order valence-electron chi connectivity index (χ0n) is 7.14. The molecule has 0 aliphatic carbocycles. The van der Waals surface area contributed by atoms with Gasteiger partial charge < -0.3 is 14.6 Å². The molecule has 0 aromatic heterocycles. The van der Waals surface area contributed by atoms with E-state index in [1.54, 1.807) is 0 Å². The summed E-state index contributed by atoms with van der Waals surface area (Å²) in [5.74, 6) is -1.01. The fourth-order valence-corrected chi connectivity index (χ4v) is 0.599. The highest BCUT2D eigenvalue weighted by Crippen LogP contribution is 1.92. The van der Waals surface area contributed by atoms with E-state index in [0.717, 1.165) is 0 Å². The maximum absolute atomic E-state index is 10.4. The van der Waals surface area contributed by atoms with Crippen molar-refractivity contribution in [3.8, 4) is 0 Å². The number of aliphatic hydroxyl groups is 1. The minimum absolute atomic E-state index is 0.0379. The van der Waals surface area contributed by atoms with Crippen molar-refractivity contribution >= 4 is 12.3 Å². The molecule has 1 N–H and O–H groups in total. The molecule has 0 aliphatic heterocycles. The van der Waals surface area contributed by atoms with Gasteiger partial charge in [0.05, 0.1) is 19.8 Å². The Hall–Kier alpha value is -1.20. The van der Waals surface area contributed by atoms with Gasteiger partial charge in [-0.1, -0.05) is 6.08 Å². The van der Waals surface area contributed by atoms with Gasteiger partial charge in [-0.05, 0) is 0 Å². The van der Waals surface area contributed by atoms with Gasteiger partial charge in [-0.3, -0.25) is 4.79 Å². The number of esters is 1. The van der Waals surface area contributed by atoms with Gasteiger partial charge in [0.25, 0.3) is 0 Å². The summed E-state index contributed by atoms with van der Waals surface area (Å²) in [6.45, 7) is 3.38. The van der Waals surface area contributed by atoms with Gasteiger partial charge in [0.15, 0.2) is 0 Å². The van der Waals surface area contributed by atoms with E-state index in [-0.39, 0.29) is 19.5 Å². The summed E-state index contributed by atoms with van der Waals surface area (Å²) in [7, 11) is 0. The van der Waals surface area contributed by atoms with Crippen LogP contribution in [0, 0.1) is 0 Å². The Balaban J connectivity index is 3.68. The van der Waals surface area contributed by atoms with Gasteiger partial charge >= 0.3 is 5.97 Å². The van der Waals surface area contributed by atoms with Gasteiger partial charge in [-0.25, -0.2) is 4.79 Å². The van der Waals surface area contributed by atoms with Gasteiger partial charge in [-0.15, -0.1) is 6.58 Å². The van der Waals surface area contributed by atoms with Crippen LogP contribution in [0.25, 0.3) is 0 Å². The van der Waals surface area contributed by atoms with E-state index in [1.165, 1.54) is 6.08 Å². The summed E-state index contributed by atoms with van der Waals surface area (Å²) in [4.78, 5) is 20.3. The molecule has 0 rings (SSSR count). The van der Waals surface area contributed by atoms with Crippen LogP contribution >= 0.6 is 0 Å². The second-order valence-corrected chi connectivity index (χ2v) is 2.19. The largest absolute Gasteiger partial charge is 0.452 e. The molecular formula is C8H12O5. The quantitative estimate of drug-likeness (QED) is 0.188. The molecule has 5 heteroatoms. The molecule has 0 radical (unpaired) electrons.